The molecule has 0 amide bonds. The lowest BCUT2D eigenvalue weighted by Gasteiger charge is -2.14. The molecule has 4 aromatic rings. The number of imidazole rings is 1. The highest BCUT2D eigenvalue weighted by atomic mass is 79.9. The molecule has 0 radical (unpaired) electrons. The van der Waals surface area contributed by atoms with Crippen LogP contribution in [0.25, 0.3) is 22.1 Å². The summed E-state index contributed by atoms with van der Waals surface area (Å²) in [5.74, 6) is 0.240. The van der Waals surface area contributed by atoms with Gasteiger partial charge in [-0.05, 0) is 68.6 Å². The van der Waals surface area contributed by atoms with Crippen molar-refractivity contribution in [1.29, 1.82) is 0 Å². The van der Waals surface area contributed by atoms with Gasteiger partial charge in [-0.1, -0.05) is 23.5 Å². The van der Waals surface area contributed by atoms with Gasteiger partial charge in [-0.2, -0.15) is 0 Å². The molecule has 4 rings (SSSR count). The van der Waals surface area contributed by atoms with E-state index in [-0.39, 0.29) is 11.3 Å². The fourth-order valence-corrected chi connectivity index (χ4v) is 4.86. The highest BCUT2D eigenvalue weighted by Gasteiger charge is 2.19. The average Bonchev–Trinajstić information content (AvgIpc) is 3.19. The quantitative estimate of drug-likeness (QED) is 0.286. The van der Waals surface area contributed by atoms with E-state index in [1.807, 2.05) is 31.2 Å². The standard InChI is InChI=1S/C20H14Br2N2O4S/c1-3-27-14-8-11(16(21)17(22)18(14)28-10(2)25)9-15-19(26)24-13-7-5-4-6-12(13)23-20(24)29-15/h4-9H,3H2,1-2H3/b15-9-. The van der Waals surface area contributed by atoms with E-state index in [2.05, 4.69) is 36.8 Å². The van der Waals surface area contributed by atoms with E-state index in [1.165, 1.54) is 18.3 Å². The highest BCUT2D eigenvalue weighted by molar-refractivity contribution is 9.13. The molecule has 0 fully saturated rings. The molecule has 6 nitrogen and oxygen atoms in total. The first-order valence-corrected chi connectivity index (χ1v) is 11.1. The van der Waals surface area contributed by atoms with Gasteiger partial charge in [0.2, 0.25) is 0 Å². The molecule has 0 aliphatic rings. The summed E-state index contributed by atoms with van der Waals surface area (Å²) in [4.78, 5) is 29.6. The number of carbonyl (C=O) groups excluding carboxylic acids is 1. The summed E-state index contributed by atoms with van der Waals surface area (Å²) in [6.07, 6.45) is 1.77. The lowest BCUT2D eigenvalue weighted by Crippen LogP contribution is -2.22. The number of para-hydroxylation sites is 2. The van der Waals surface area contributed by atoms with Crippen LogP contribution >= 0.6 is 43.2 Å². The summed E-state index contributed by atoms with van der Waals surface area (Å²) in [6.45, 7) is 3.56. The predicted octanol–water partition coefficient (Wildman–Crippen LogP) is 4.31. The van der Waals surface area contributed by atoms with Gasteiger partial charge in [-0.25, -0.2) is 9.38 Å². The Kier molecular flexibility index (Phi) is 5.46. The third-order valence-corrected chi connectivity index (χ3v) is 7.25. The van der Waals surface area contributed by atoms with Gasteiger partial charge in [-0.3, -0.25) is 9.59 Å². The van der Waals surface area contributed by atoms with E-state index in [4.69, 9.17) is 9.47 Å². The van der Waals surface area contributed by atoms with E-state index in [0.29, 0.717) is 36.4 Å². The second kappa shape index (κ2) is 7.89. The number of thiazole rings is 1. The van der Waals surface area contributed by atoms with Crippen molar-refractivity contribution in [2.24, 2.45) is 0 Å². The number of halogens is 2. The van der Waals surface area contributed by atoms with Crippen LogP contribution in [0.2, 0.25) is 0 Å². The van der Waals surface area contributed by atoms with Crippen LogP contribution in [0.4, 0.5) is 0 Å². The Morgan fingerprint density at radius 2 is 2.03 bits per heavy atom. The first-order chi connectivity index (χ1) is 13.9. The van der Waals surface area contributed by atoms with Crippen molar-refractivity contribution in [1.82, 2.24) is 9.38 Å². The third kappa shape index (κ3) is 3.58. The lowest BCUT2D eigenvalue weighted by molar-refractivity contribution is -0.132. The Labute approximate surface area is 186 Å². The summed E-state index contributed by atoms with van der Waals surface area (Å²) < 4.78 is 14.3. The molecule has 0 saturated carbocycles. The van der Waals surface area contributed by atoms with Crippen LogP contribution in [0.15, 0.2) is 44.1 Å². The van der Waals surface area contributed by atoms with Crippen molar-refractivity contribution in [3.63, 3.8) is 0 Å². The number of rotatable bonds is 4. The summed E-state index contributed by atoms with van der Waals surface area (Å²) >= 11 is 8.29. The van der Waals surface area contributed by atoms with E-state index >= 15 is 0 Å². The summed E-state index contributed by atoms with van der Waals surface area (Å²) in [7, 11) is 0. The molecule has 29 heavy (non-hydrogen) atoms. The Hall–Kier alpha value is -2.23. The van der Waals surface area contributed by atoms with Crippen LogP contribution in [0.1, 0.15) is 19.4 Å². The van der Waals surface area contributed by atoms with Gasteiger partial charge in [0.1, 0.15) is 0 Å². The zero-order valence-electron chi connectivity index (χ0n) is 15.4. The average molecular weight is 538 g/mol. The number of hydrogen-bond acceptors (Lipinski definition) is 6. The zero-order valence-corrected chi connectivity index (χ0v) is 19.4. The largest absolute Gasteiger partial charge is 0.490 e. The molecule has 0 bridgehead atoms. The molecule has 0 aliphatic heterocycles. The number of fused-ring (bicyclic) bond motifs is 3. The molecular weight excluding hydrogens is 524 g/mol. The maximum Gasteiger partial charge on any atom is 0.308 e. The van der Waals surface area contributed by atoms with E-state index in [1.54, 1.807) is 16.5 Å². The number of ether oxygens (including phenoxy) is 2. The molecule has 2 heterocycles. The summed E-state index contributed by atoms with van der Waals surface area (Å²) in [5.41, 5.74) is 2.14. The molecule has 0 N–H and O–H groups in total. The molecule has 0 aliphatic carbocycles. The fraction of sp³-hybridized carbons (Fsp3) is 0.150. The lowest BCUT2D eigenvalue weighted by atomic mass is 10.2. The third-order valence-electron chi connectivity index (χ3n) is 4.13. The van der Waals surface area contributed by atoms with E-state index in [0.717, 1.165) is 11.0 Å². The Morgan fingerprint density at radius 1 is 1.28 bits per heavy atom. The predicted molar refractivity (Wildman–Crippen MR) is 120 cm³/mol. The smallest absolute Gasteiger partial charge is 0.308 e. The van der Waals surface area contributed by atoms with Crippen molar-refractivity contribution in [3.8, 4) is 11.5 Å². The van der Waals surface area contributed by atoms with Gasteiger partial charge < -0.3 is 9.47 Å². The van der Waals surface area contributed by atoms with Gasteiger partial charge in [0.15, 0.2) is 16.5 Å². The molecule has 2 aromatic carbocycles. The molecule has 0 unspecified atom stereocenters. The van der Waals surface area contributed by atoms with Gasteiger partial charge in [-0.15, -0.1) is 0 Å². The topological polar surface area (TPSA) is 69.9 Å². The highest BCUT2D eigenvalue weighted by Crippen LogP contribution is 2.43. The number of carbonyl (C=O) groups is 1. The van der Waals surface area contributed by atoms with Crippen molar-refractivity contribution in [3.05, 3.63) is 59.7 Å². The normalized spacial score (nSPS) is 12.1. The first-order valence-electron chi connectivity index (χ1n) is 8.65. The Morgan fingerprint density at radius 3 is 2.76 bits per heavy atom. The Balaban J connectivity index is 1.93. The number of nitrogens with zero attached hydrogens (tertiary/aromatic N) is 2. The SMILES string of the molecule is CCOc1cc(/C=c2\sc3nc4ccccc4n3c2=O)c(Br)c(Br)c1OC(C)=O. The minimum Gasteiger partial charge on any atom is -0.490 e. The maximum absolute atomic E-state index is 13.0. The number of aromatic nitrogens is 2. The minimum atomic E-state index is -0.455. The number of benzene rings is 2. The molecular formula is C20H14Br2N2O4S. The molecule has 0 spiro atoms. The van der Waals surface area contributed by atoms with Gasteiger partial charge in [0.05, 0.1) is 26.6 Å². The van der Waals surface area contributed by atoms with Crippen molar-refractivity contribution in [2.45, 2.75) is 13.8 Å². The van der Waals surface area contributed by atoms with Gasteiger partial charge >= 0.3 is 5.97 Å². The van der Waals surface area contributed by atoms with Gasteiger partial charge in [0, 0.05) is 11.4 Å². The number of esters is 1. The van der Waals surface area contributed by atoms with Crippen molar-refractivity contribution >= 4 is 71.2 Å². The van der Waals surface area contributed by atoms with Crippen LogP contribution in [0, 0.1) is 0 Å². The van der Waals surface area contributed by atoms with Crippen molar-refractivity contribution < 1.29 is 14.3 Å². The maximum atomic E-state index is 13.0. The minimum absolute atomic E-state index is 0.135. The van der Waals surface area contributed by atoms with Crippen molar-refractivity contribution in [2.75, 3.05) is 6.61 Å². The molecule has 148 valence electrons. The molecule has 0 atom stereocenters. The van der Waals surface area contributed by atoms with E-state index < -0.39 is 5.97 Å². The fourth-order valence-electron chi connectivity index (χ4n) is 2.96. The molecule has 9 heteroatoms. The van der Waals surface area contributed by atoms with Crippen LogP contribution < -0.4 is 19.6 Å². The number of hydrogen-bond donors (Lipinski definition) is 0. The summed E-state index contributed by atoms with van der Waals surface area (Å²) in [5, 5.41) is 0. The zero-order chi connectivity index (χ0) is 20.7. The van der Waals surface area contributed by atoms with E-state index in [9.17, 15) is 9.59 Å². The van der Waals surface area contributed by atoms with Crippen LogP contribution in [0.5, 0.6) is 11.5 Å². The molecule has 2 aromatic heterocycles. The van der Waals surface area contributed by atoms with Gasteiger partial charge in [0.25, 0.3) is 5.56 Å². The molecule has 0 saturated heterocycles. The van der Waals surface area contributed by atoms with Crippen LogP contribution in [0.3, 0.4) is 0 Å². The summed E-state index contributed by atoms with van der Waals surface area (Å²) in [6, 6.07) is 9.27. The Bertz CT molecular complexity index is 1380. The monoisotopic (exact) mass is 536 g/mol. The van der Waals surface area contributed by atoms with Crippen LogP contribution in [-0.2, 0) is 4.79 Å². The second-order valence-corrected chi connectivity index (χ2v) is 8.68. The second-order valence-electron chi connectivity index (χ2n) is 6.08. The first kappa shape index (κ1) is 20.1. The van der Waals surface area contributed by atoms with Crippen LogP contribution in [-0.4, -0.2) is 22.0 Å².